The number of halogens is 1. The van der Waals surface area contributed by atoms with E-state index in [1.54, 1.807) is 14.1 Å². The van der Waals surface area contributed by atoms with Crippen molar-refractivity contribution in [2.45, 2.75) is 4.90 Å². The quantitative estimate of drug-likeness (QED) is 0.794. The van der Waals surface area contributed by atoms with Crippen LogP contribution in [0.15, 0.2) is 53.4 Å². The van der Waals surface area contributed by atoms with E-state index in [4.69, 9.17) is 0 Å². The number of hydrogen-bond acceptors (Lipinski definition) is 4. The van der Waals surface area contributed by atoms with Crippen LogP contribution >= 0.6 is 0 Å². The zero-order valence-electron chi connectivity index (χ0n) is 14.2. The van der Waals surface area contributed by atoms with E-state index < -0.39 is 21.7 Å². The van der Waals surface area contributed by atoms with Crippen LogP contribution in [0.5, 0.6) is 0 Å². The fourth-order valence-corrected chi connectivity index (χ4v) is 3.02. The van der Waals surface area contributed by atoms with Gasteiger partial charge >= 0.3 is 0 Å². The monoisotopic (exact) mass is 379 g/mol. The van der Waals surface area contributed by atoms with Gasteiger partial charge in [0.1, 0.15) is 5.82 Å². The maximum Gasteiger partial charge on any atom is 0.261 e. The number of likely N-dealkylation sites (N-methyl/N-ethyl adjacent to an activating group) is 1. The lowest BCUT2D eigenvalue weighted by molar-refractivity contribution is -0.127. The summed E-state index contributed by atoms with van der Waals surface area (Å²) in [6, 6.07) is 10.5. The first-order valence-corrected chi connectivity index (χ1v) is 9.05. The molecule has 9 heteroatoms. The van der Waals surface area contributed by atoms with Gasteiger partial charge in [0.25, 0.3) is 15.9 Å². The number of rotatable bonds is 6. The SMILES string of the molecule is CN(C)C(=O)CNC(=O)c1ccc(S(=O)(=O)Nc2ccccc2F)cc1. The van der Waals surface area contributed by atoms with Crippen molar-refractivity contribution in [3.8, 4) is 0 Å². The first-order chi connectivity index (χ1) is 12.2. The minimum absolute atomic E-state index is 0.123. The molecule has 0 unspecified atom stereocenters. The highest BCUT2D eigenvalue weighted by atomic mass is 32.2. The van der Waals surface area contributed by atoms with Crippen LogP contribution in [-0.2, 0) is 14.8 Å². The molecule has 7 nitrogen and oxygen atoms in total. The van der Waals surface area contributed by atoms with Crippen LogP contribution in [-0.4, -0.2) is 45.8 Å². The van der Waals surface area contributed by atoms with E-state index in [1.807, 2.05) is 0 Å². The Bertz CT molecular complexity index is 912. The average Bonchev–Trinajstić information content (AvgIpc) is 2.61. The average molecular weight is 379 g/mol. The Labute approximate surface area is 150 Å². The highest BCUT2D eigenvalue weighted by Gasteiger charge is 2.17. The summed E-state index contributed by atoms with van der Waals surface area (Å²) in [7, 11) is -0.865. The van der Waals surface area contributed by atoms with Crippen molar-refractivity contribution in [3.05, 3.63) is 59.9 Å². The Morgan fingerprint density at radius 2 is 1.65 bits per heavy atom. The summed E-state index contributed by atoms with van der Waals surface area (Å²) in [5.41, 5.74) is 0.0258. The molecule has 0 saturated carbocycles. The molecule has 0 aliphatic carbocycles. The molecule has 138 valence electrons. The van der Waals surface area contributed by atoms with E-state index in [2.05, 4.69) is 10.0 Å². The number of benzene rings is 2. The van der Waals surface area contributed by atoms with Crippen LogP contribution in [0.1, 0.15) is 10.4 Å². The Hall–Kier alpha value is -2.94. The summed E-state index contributed by atoms with van der Waals surface area (Å²) >= 11 is 0. The lowest BCUT2D eigenvalue weighted by Gasteiger charge is -2.11. The fraction of sp³-hybridized carbons (Fsp3) is 0.176. The van der Waals surface area contributed by atoms with Gasteiger partial charge in [0, 0.05) is 19.7 Å². The van der Waals surface area contributed by atoms with E-state index in [1.165, 1.54) is 47.4 Å². The standard InChI is InChI=1S/C17H18FN3O4S/c1-21(2)16(22)11-19-17(23)12-7-9-13(10-8-12)26(24,25)20-15-6-4-3-5-14(15)18/h3-10,20H,11H2,1-2H3,(H,19,23). The molecule has 2 amide bonds. The van der Waals surface area contributed by atoms with Gasteiger partial charge in [-0.3, -0.25) is 14.3 Å². The summed E-state index contributed by atoms with van der Waals surface area (Å²) < 4.78 is 40.3. The van der Waals surface area contributed by atoms with Crippen LogP contribution in [0.4, 0.5) is 10.1 Å². The second-order valence-corrected chi connectivity index (χ2v) is 7.26. The van der Waals surface area contributed by atoms with Crippen molar-refractivity contribution in [1.82, 2.24) is 10.2 Å². The minimum atomic E-state index is -4.00. The number of para-hydroxylation sites is 1. The van der Waals surface area contributed by atoms with Crippen molar-refractivity contribution in [2.24, 2.45) is 0 Å². The normalized spacial score (nSPS) is 10.9. The van der Waals surface area contributed by atoms with Crippen LogP contribution in [0, 0.1) is 5.82 Å². The third kappa shape index (κ3) is 4.79. The van der Waals surface area contributed by atoms with E-state index in [9.17, 15) is 22.4 Å². The molecule has 0 heterocycles. The van der Waals surface area contributed by atoms with E-state index in [0.29, 0.717) is 0 Å². The lowest BCUT2D eigenvalue weighted by atomic mass is 10.2. The van der Waals surface area contributed by atoms with E-state index in [-0.39, 0.29) is 28.6 Å². The van der Waals surface area contributed by atoms with Crippen LogP contribution in [0.3, 0.4) is 0 Å². The smallest absolute Gasteiger partial charge is 0.261 e. The van der Waals surface area contributed by atoms with Crippen molar-refractivity contribution >= 4 is 27.5 Å². The third-order valence-electron chi connectivity index (χ3n) is 3.44. The Kier molecular flexibility index (Phi) is 5.93. The molecule has 0 bridgehead atoms. The molecule has 0 fully saturated rings. The van der Waals surface area contributed by atoms with E-state index in [0.717, 1.165) is 6.07 Å². The van der Waals surface area contributed by atoms with Crippen LogP contribution in [0.25, 0.3) is 0 Å². The molecule has 2 aromatic carbocycles. The molecule has 2 aromatic rings. The van der Waals surface area contributed by atoms with Gasteiger partial charge in [-0.2, -0.15) is 0 Å². The van der Waals surface area contributed by atoms with Gasteiger partial charge in [-0.15, -0.1) is 0 Å². The molecule has 0 aromatic heterocycles. The Balaban J connectivity index is 2.09. The molecule has 2 rings (SSSR count). The molecular weight excluding hydrogens is 361 g/mol. The van der Waals surface area contributed by atoms with Crippen molar-refractivity contribution in [1.29, 1.82) is 0 Å². The number of anilines is 1. The number of carbonyl (C=O) groups excluding carboxylic acids is 2. The van der Waals surface area contributed by atoms with Crippen molar-refractivity contribution in [3.63, 3.8) is 0 Å². The van der Waals surface area contributed by atoms with Gasteiger partial charge in [0.15, 0.2) is 0 Å². The lowest BCUT2D eigenvalue weighted by Crippen LogP contribution is -2.36. The molecule has 0 atom stereocenters. The van der Waals surface area contributed by atoms with Gasteiger partial charge in [-0.25, -0.2) is 12.8 Å². The highest BCUT2D eigenvalue weighted by Crippen LogP contribution is 2.19. The predicted octanol–water partition coefficient (Wildman–Crippen LogP) is 1.44. The van der Waals surface area contributed by atoms with E-state index >= 15 is 0 Å². The molecule has 0 radical (unpaired) electrons. The summed E-state index contributed by atoms with van der Waals surface area (Å²) in [5, 5.41) is 2.44. The number of nitrogens with one attached hydrogen (secondary N) is 2. The molecular formula is C17H18FN3O4S. The van der Waals surface area contributed by atoms with Gasteiger partial charge < -0.3 is 10.2 Å². The summed E-state index contributed by atoms with van der Waals surface area (Å²) in [4.78, 5) is 24.6. The predicted molar refractivity (Wildman–Crippen MR) is 94.7 cm³/mol. The number of carbonyl (C=O) groups is 2. The summed E-state index contributed by atoms with van der Waals surface area (Å²) in [6.45, 7) is -0.166. The fourth-order valence-electron chi connectivity index (χ4n) is 1.95. The number of sulfonamides is 1. The summed E-state index contributed by atoms with van der Waals surface area (Å²) in [6.07, 6.45) is 0. The Morgan fingerprint density at radius 1 is 1.04 bits per heavy atom. The number of hydrogen-bond donors (Lipinski definition) is 2. The van der Waals surface area contributed by atoms with Crippen LogP contribution in [0.2, 0.25) is 0 Å². The number of nitrogens with zero attached hydrogens (tertiary/aromatic N) is 1. The zero-order chi connectivity index (χ0) is 19.3. The third-order valence-corrected chi connectivity index (χ3v) is 4.83. The molecule has 0 aliphatic rings. The molecule has 2 N–H and O–H groups in total. The molecule has 0 spiro atoms. The second-order valence-electron chi connectivity index (χ2n) is 5.58. The maximum atomic E-state index is 13.6. The van der Waals surface area contributed by atoms with Crippen molar-refractivity contribution in [2.75, 3.05) is 25.4 Å². The summed E-state index contributed by atoms with van der Waals surface area (Å²) in [5.74, 6) is -1.48. The Morgan fingerprint density at radius 3 is 2.23 bits per heavy atom. The maximum absolute atomic E-state index is 13.6. The first kappa shape index (κ1) is 19.4. The zero-order valence-corrected chi connectivity index (χ0v) is 15.0. The first-order valence-electron chi connectivity index (χ1n) is 7.56. The molecule has 26 heavy (non-hydrogen) atoms. The van der Waals surface area contributed by atoms with Crippen LogP contribution < -0.4 is 10.0 Å². The largest absolute Gasteiger partial charge is 0.347 e. The van der Waals surface area contributed by atoms with Gasteiger partial charge in [-0.1, -0.05) is 12.1 Å². The second kappa shape index (κ2) is 7.96. The molecule has 0 saturated heterocycles. The molecule has 0 aliphatic heterocycles. The topological polar surface area (TPSA) is 95.6 Å². The van der Waals surface area contributed by atoms with Gasteiger partial charge in [-0.05, 0) is 36.4 Å². The highest BCUT2D eigenvalue weighted by molar-refractivity contribution is 7.92. The van der Waals surface area contributed by atoms with Gasteiger partial charge in [0.05, 0.1) is 17.1 Å². The minimum Gasteiger partial charge on any atom is -0.347 e. The van der Waals surface area contributed by atoms with Gasteiger partial charge in [0.2, 0.25) is 5.91 Å². The number of amides is 2. The van der Waals surface area contributed by atoms with Crippen molar-refractivity contribution < 1.29 is 22.4 Å².